The van der Waals surface area contributed by atoms with E-state index in [2.05, 4.69) is 0 Å². The van der Waals surface area contributed by atoms with Crippen LogP contribution in [0.5, 0.6) is 0 Å². The predicted octanol–water partition coefficient (Wildman–Crippen LogP) is 0.826. The Kier molecular flexibility index (Phi) is 4.66. The highest BCUT2D eigenvalue weighted by Gasteiger charge is 2.05. The summed E-state index contributed by atoms with van der Waals surface area (Å²) in [5.41, 5.74) is 0. The summed E-state index contributed by atoms with van der Waals surface area (Å²) >= 11 is 1.08. The van der Waals surface area contributed by atoms with E-state index >= 15 is 0 Å². The third-order valence-corrected chi connectivity index (χ3v) is 1.48. The first-order valence-corrected chi connectivity index (χ1v) is 3.89. The van der Waals surface area contributed by atoms with Gasteiger partial charge >= 0.3 is 0 Å². The van der Waals surface area contributed by atoms with Gasteiger partial charge in [0.05, 0.1) is 0 Å². The van der Waals surface area contributed by atoms with Gasteiger partial charge < -0.3 is 0 Å². The van der Waals surface area contributed by atoms with Gasteiger partial charge in [0.2, 0.25) is 6.41 Å². The van der Waals surface area contributed by atoms with Crippen LogP contribution in [0.25, 0.3) is 0 Å². The minimum atomic E-state index is -0.301. The minimum absolute atomic E-state index is 0.301. The molecule has 0 saturated heterocycles. The van der Waals surface area contributed by atoms with Crippen molar-refractivity contribution < 1.29 is 9.59 Å². The molecule has 0 atom stereocenters. The van der Waals surface area contributed by atoms with Crippen LogP contribution in [-0.4, -0.2) is 22.9 Å². The van der Waals surface area contributed by atoms with Gasteiger partial charge in [0.1, 0.15) is 0 Å². The lowest BCUT2D eigenvalue weighted by molar-refractivity contribution is -0.128. The van der Waals surface area contributed by atoms with Gasteiger partial charge in [-0.1, -0.05) is 6.08 Å². The van der Waals surface area contributed by atoms with Crippen LogP contribution in [0.3, 0.4) is 0 Å². The number of nitrogens with zero attached hydrogens (tertiary/aromatic N) is 1. The van der Waals surface area contributed by atoms with Crippen molar-refractivity contribution in [2.45, 2.75) is 6.92 Å². The number of rotatable bonds is 3. The van der Waals surface area contributed by atoms with Crippen molar-refractivity contribution >= 4 is 24.3 Å². The van der Waals surface area contributed by atoms with Crippen molar-refractivity contribution in [2.24, 2.45) is 0 Å². The van der Waals surface area contributed by atoms with Gasteiger partial charge in [-0.2, -0.15) is 0 Å². The Bertz CT molecular complexity index is 156. The highest BCUT2D eigenvalue weighted by atomic mass is 32.2. The van der Waals surface area contributed by atoms with E-state index in [4.69, 9.17) is 0 Å². The number of allylic oxidation sites excluding steroid dienone is 1. The van der Waals surface area contributed by atoms with E-state index in [0.717, 1.165) is 16.3 Å². The van der Waals surface area contributed by atoms with Crippen LogP contribution >= 0.6 is 11.9 Å². The highest BCUT2D eigenvalue weighted by molar-refractivity contribution is 7.97. The molecule has 0 aliphatic heterocycles. The molecule has 10 heavy (non-hydrogen) atoms. The fraction of sp³-hybridized carbons (Fsp3) is 0.333. The first-order valence-electron chi connectivity index (χ1n) is 2.71. The molecule has 0 aromatic heterocycles. The number of hydrogen-bond donors (Lipinski definition) is 0. The van der Waals surface area contributed by atoms with E-state index in [1.165, 1.54) is 6.08 Å². The summed E-state index contributed by atoms with van der Waals surface area (Å²) in [5, 5.41) is 0. The molecule has 2 amide bonds. The molecule has 0 bridgehead atoms. The van der Waals surface area contributed by atoms with Crippen molar-refractivity contribution in [3.63, 3.8) is 0 Å². The second-order valence-corrected chi connectivity index (χ2v) is 2.21. The lowest BCUT2D eigenvalue weighted by Crippen LogP contribution is -2.19. The van der Waals surface area contributed by atoms with Gasteiger partial charge in [-0.15, -0.1) is 0 Å². The Morgan fingerprint density at radius 2 is 2.20 bits per heavy atom. The number of carbonyl (C=O) groups is 2. The first kappa shape index (κ1) is 9.23. The average molecular weight is 159 g/mol. The van der Waals surface area contributed by atoms with E-state index in [9.17, 15) is 9.59 Å². The number of imide groups is 1. The normalized spacial score (nSPS) is 9.80. The van der Waals surface area contributed by atoms with Crippen LogP contribution in [0.15, 0.2) is 12.2 Å². The molecule has 0 spiro atoms. The Hall–Kier alpha value is -0.770. The summed E-state index contributed by atoms with van der Waals surface area (Å²) in [6.45, 7) is 1.72. The van der Waals surface area contributed by atoms with Crippen molar-refractivity contribution in [3.05, 3.63) is 12.2 Å². The minimum Gasteiger partial charge on any atom is -0.277 e. The summed E-state index contributed by atoms with van der Waals surface area (Å²) in [5.74, 6) is -0.301. The zero-order valence-electron chi connectivity index (χ0n) is 5.90. The van der Waals surface area contributed by atoms with Crippen molar-refractivity contribution in [1.82, 2.24) is 4.31 Å². The van der Waals surface area contributed by atoms with Crippen LogP contribution in [0.1, 0.15) is 6.92 Å². The molecule has 3 nitrogen and oxygen atoms in total. The molecule has 0 radical (unpaired) electrons. The zero-order chi connectivity index (χ0) is 7.98. The fourth-order valence-electron chi connectivity index (χ4n) is 0.401. The van der Waals surface area contributed by atoms with Gasteiger partial charge in [0.25, 0.3) is 5.91 Å². The molecule has 4 heteroatoms. The van der Waals surface area contributed by atoms with E-state index < -0.39 is 0 Å². The molecule has 0 fully saturated rings. The van der Waals surface area contributed by atoms with E-state index in [0.29, 0.717) is 6.41 Å². The average Bonchev–Trinajstić information content (AvgIpc) is 1.91. The number of carbonyl (C=O) groups excluding carboxylic acids is 2. The van der Waals surface area contributed by atoms with Crippen LogP contribution in [0, 0.1) is 0 Å². The monoisotopic (exact) mass is 159 g/mol. The van der Waals surface area contributed by atoms with Gasteiger partial charge in [0.15, 0.2) is 0 Å². The molecule has 0 unspecified atom stereocenters. The Morgan fingerprint density at radius 3 is 2.50 bits per heavy atom. The molecule has 0 saturated carbocycles. The zero-order valence-corrected chi connectivity index (χ0v) is 6.72. The third kappa shape index (κ3) is 2.68. The van der Waals surface area contributed by atoms with Crippen molar-refractivity contribution in [2.75, 3.05) is 6.26 Å². The summed E-state index contributed by atoms with van der Waals surface area (Å²) in [6, 6.07) is 0. The summed E-state index contributed by atoms with van der Waals surface area (Å²) in [6.07, 6.45) is 5.09. The van der Waals surface area contributed by atoms with Crippen molar-refractivity contribution in [3.8, 4) is 0 Å². The lowest BCUT2D eigenvalue weighted by atomic mass is 10.5. The summed E-state index contributed by atoms with van der Waals surface area (Å²) in [4.78, 5) is 20.9. The molecule has 0 heterocycles. The molecular formula is C6H9NO2S. The molecule has 0 N–H and O–H groups in total. The first-order chi connectivity index (χ1) is 4.76. The van der Waals surface area contributed by atoms with E-state index in [-0.39, 0.29) is 5.91 Å². The van der Waals surface area contributed by atoms with Crippen molar-refractivity contribution in [1.29, 1.82) is 0 Å². The quantitative estimate of drug-likeness (QED) is 0.347. The molecule has 56 valence electrons. The Balaban J connectivity index is 4.01. The molecule has 0 aromatic rings. The van der Waals surface area contributed by atoms with Gasteiger partial charge in [-0.05, 0) is 18.9 Å². The van der Waals surface area contributed by atoms with Crippen LogP contribution in [0.2, 0.25) is 0 Å². The maximum Gasteiger partial charge on any atom is 0.262 e. The molecular weight excluding hydrogens is 150 g/mol. The summed E-state index contributed by atoms with van der Waals surface area (Å²) < 4.78 is 1.01. The number of amides is 2. The Labute approximate surface area is 64.2 Å². The largest absolute Gasteiger partial charge is 0.277 e. The van der Waals surface area contributed by atoms with Gasteiger partial charge in [0, 0.05) is 12.3 Å². The topological polar surface area (TPSA) is 37.4 Å². The highest BCUT2D eigenvalue weighted by Crippen LogP contribution is 2.01. The van der Waals surface area contributed by atoms with Crippen LogP contribution in [0.4, 0.5) is 0 Å². The fourth-order valence-corrected chi connectivity index (χ4v) is 0.728. The predicted molar refractivity (Wildman–Crippen MR) is 41.2 cm³/mol. The Morgan fingerprint density at radius 1 is 1.60 bits per heavy atom. The van der Waals surface area contributed by atoms with E-state index in [1.807, 2.05) is 0 Å². The second kappa shape index (κ2) is 5.05. The standard InChI is InChI=1S/C6H9NO2S/c1-3-4-6(9)7(5-8)10-2/h3-5H,1-2H3/b4-3+. The number of hydrogen-bond acceptors (Lipinski definition) is 3. The molecule has 0 aromatic carbocycles. The maximum atomic E-state index is 10.8. The third-order valence-electron chi connectivity index (χ3n) is 0.819. The van der Waals surface area contributed by atoms with Crippen LogP contribution < -0.4 is 0 Å². The van der Waals surface area contributed by atoms with Crippen LogP contribution in [-0.2, 0) is 9.59 Å². The molecule has 0 aliphatic rings. The maximum absolute atomic E-state index is 10.8. The van der Waals surface area contributed by atoms with Gasteiger partial charge in [-0.25, -0.2) is 4.31 Å². The van der Waals surface area contributed by atoms with Gasteiger partial charge in [-0.3, -0.25) is 9.59 Å². The lowest BCUT2D eigenvalue weighted by Gasteiger charge is -2.06. The summed E-state index contributed by atoms with van der Waals surface area (Å²) in [7, 11) is 0. The molecule has 0 rings (SSSR count). The SMILES string of the molecule is C/C=C/C(=O)N(C=O)SC. The second-order valence-electron chi connectivity index (χ2n) is 1.45. The molecule has 0 aliphatic carbocycles. The van der Waals surface area contributed by atoms with E-state index in [1.54, 1.807) is 19.3 Å². The smallest absolute Gasteiger partial charge is 0.262 e.